The van der Waals surface area contributed by atoms with E-state index in [1.165, 1.54) is 18.9 Å². The number of ether oxygens (including phenoxy) is 1. The number of benzene rings is 4. The van der Waals surface area contributed by atoms with Crippen molar-refractivity contribution in [2.24, 2.45) is 0 Å². The Hall–Kier alpha value is -4.73. The van der Waals surface area contributed by atoms with Gasteiger partial charge in [0.2, 0.25) is 5.91 Å². The van der Waals surface area contributed by atoms with Crippen molar-refractivity contribution in [3.63, 3.8) is 0 Å². The van der Waals surface area contributed by atoms with Crippen molar-refractivity contribution < 1.29 is 19.1 Å². The lowest BCUT2D eigenvalue weighted by Crippen LogP contribution is -2.30. The molecule has 0 heterocycles. The van der Waals surface area contributed by atoms with Crippen LogP contribution in [0.2, 0.25) is 5.02 Å². The average Bonchev–Trinajstić information content (AvgIpc) is 3.03. The van der Waals surface area contributed by atoms with Gasteiger partial charge in [-0.25, -0.2) is 0 Å². The molecule has 232 valence electrons. The number of hydrogen-bond donors (Lipinski definition) is 3. The Morgan fingerprint density at radius 1 is 0.911 bits per heavy atom. The van der Waals surface area contributed by atoms with Crippen LogP contribution in [0.1, 0.15) is 28.4 Å². The fraction of sp³-hybridized carbons (Fsp3) is 0.171. The highest BCUT2D eigenvalue weighted by Crippen LogP contribution is 2.32. The maximum absolute atomic E-state index is 13.4. The Labute approximate surface area is 272 Å². The lowest BCUT2D eigenvalue weighted by molar-refractivity contribution is -0.115. The summed E-state index contributed by atoms with van der Waals surface area (Å²) < 4.78 is 5.36. The zero-order valence-corrected chi connectivity index (χ0v) is 27.3. The third kappa shape index (κ3) is 9.14. The number of nitrogens with one attached hydrogen (secondary N) is 3. The molecule has 0 fully saturated rings. The van der Waals surface area contributed by atoms with Crippen LogP contribution in [0.15, 0.2) is 102 Å². The molecule has 0 saturated carbocycles. The molecule has 3 amide bonds. The number of amides is 3. The number of rotatable bonds is 11. The maximum atomic E-state index is 13.4. The first kappa shape index (κ1) is 33.2. The highest BCUT2D eigenvalue weighted by atomic mass is 35.5. The van der Waals surface area contributed by atoms with Gasteiger partial charge in [-0.3, -0.25) is 14.4 Å². The SMILES string of the molecule is COc1cc(Cl)c(C)cc1NC(=O)C(C)Sc1ccc(NC(=O)/C(=C/c2ccc(N(C)C)cc2)NC(=O)c2ccccc2)cc1. The number of nitrogens with zero attached hydrogens (tertiary/aromatic N) is 1. The molecule has 4 aromatic carbocycles. The van der Waals surface area contributed by atoms with Gasteiger partial charge in [0.05, 0.1) is 18.0 Å². The van der Waals surface area contributed by atoms with Crippen LogP contribution in [-0.2, 0) is 9.59 Å². The summed E-state index contributed by atoms with van der Waals surface area (Å²) in [7, 11) is 5.42. The molecule has 1 atom stereocenters. The molecule has 10 heteroatoms. The first-order chi connectivity index (χ1) is 21.5. The minimum atomic E-state index is -0.476. The minimum absolute atomic E-state index is 0.0954. The molecule has 0 aliphatic rings. The highest BCUT2D eigenvalue weighted by Gasteiger charge is 2.18. The van der Waals surface area contributed by atoms with Crippen molar-refractivity contribution in [1.29, 1.82) is 0 Å². The molecule has 0 aromatic heterocycles. The van der Waals surface area contributed by atoms with Gasteiger partial charge in [0.15, 0.2) is 0 Å². The molecule has 0 saturated heterocycles. The predicted octanol–water partition coefficient (Wildman–Crippen LogP) is 7.25. The molecule has 0 radical (unpaired) electrons. The molecule has 0 aliphatic heterocycles. The number of carbonyl (C=O) groups excluding carboxylic acids is 3. The molecule has 0 bridgehead atoms. The summed E-state index contributed by atoms with van der Waals surface area (Å²) in [5, 5.41) is 8.67. The van der Waals surface area contributed by atoms with Crippen molar-refractivity contribution in [2.45, 2.75) is 24.0 Å². The maximum Gasteiger partial charge on any atom is 0.272 e. The van der Waals surface area contributed by atoms with E-state index in [9.17, 15) is 14.4 Å². The third-order valence-electron chi connectivity index (χ3n) is 6.78. The summed E-state index contributed by atoms with van der Waals surface area (Å²) in [6.07, 6.45) is 1.64. The van der Waals surface area contributed by atoms with Crippen LogP contribution < -0.4 is 25.6 Å². The van der Waals surface area contributed by atoms with E-state index in [-0.39, 0.29) is 11.6 Å². The normalized spacial score (nSPS) is 11.7. The number of hydrogen-bond acceptors (Lipinski definition) is 6. The van der Waals surface area contributed by atoms with E-state index in [0.717, 1.165) is 21.7 Å². The molecule has 1 unspecified atom stereocenters. The monoisotopic (exact) mass is 642 g/mol. The summed E-state index contributed by atoms with van der Waals surface area (Å²) in [4.78, 5) is 42.1. The molecule has 0 aliphatic carbocycles. The van der Waals surface area contributed by atoms with Crippen molar-refractivity contribution in [1.82, 2.24) is 5.32 Å². The van der Waals surface area contributed by atoms with E-state index >= 15 is 0 Å². The fourth-order valence-corrected chi connectivity index (χ4v) is 5.24. The van der Waals surface area contributed by atoms with Gasteiger partial charge in [-0.15, -0.1) is 11.8 Å². The second-order valence-electron chi connectivity index (χ2n) is 10.4. The zero-order chi connectivity index (χ0) is 32.5. The van der Waals surface area contributed by atoms with Crippen molar-refractivity contribution in [2.75, 3.05) is 36.7 Å². The number of anilines is 3. The number of halogens is 1. The Morgan fingerprint density at radius 3 is 2.20 bits per heavy atom. The third-order valence-corrected chi connectivity index (χ3v) is 8.30. The van der Waals surface area contributed by atoms with E-state index < -0.39 is 17.1 Å². The molecule has 8 nitrogen and oxygen atoms in total. The lowest BCUT2D eigenvalue weighted by atomic mass is 10.1. The van der Waals surface area contributed by atoms with E-state index in [1.807, 2.05) is 75.3 Å². The van der Waals surface area contributed by atoms with Gasteiger partial charge in [0.25, 0.3) is 11.8 Å². The van der Waals surface area contributed by atoms with E-state index in [0.29, 0.717) is 27.7 Å². The van der Waals surface area contributed by atoms with Gasteiger partial charge >= 0.3 is 0 Å². The van der Waals surface area contributed by atoms with Crippen molar-refractivity contribution in [3.05, 3.63) is 118 Å². The Kier molecular flexibility index (Phi) is 11.3. The number of carbonyl (C=O) groups is 3. The molecule has 0 spiro atoms. The predicted molar refractivity (Wildman–Crippen MR) is 184 cm³/mol. The van der Waals surface area contributed by atoms with Crippen molar-refractivity contribution >= 4 is 64.2 Å². The van der Waals surface area contributed by atoms with Gasteiger partial charge in [-0.1, -0.05) is 41.9 Å². The molecule has 3 N–H and O–H groups in total. The highest BCUT2D eigenvalue weighted by molar-refractivity contribution is 8.00. The zero-order valence-electron chi connectivity index (χ0n) is 25.7. The Balaban J connectivity index is 1.45. The Bertz CT molecular complexity index is 1690. The van der Waals surface area contributed by atoms with E-state index in [2.05, 4.69) is 16.0 Å². The number of methoxy groups -OCH3 is 1. The van der Waals surface area contributed by atoms with Gasteiger partial charge in [-0.2, -0.15) is 0 Å². The first-order valence-electron chi connectivity index (χ1n) is 14.1. The van der Waals surface area contributed by atoms with Crippen molar-refractivity contribution in [3.8, 4) is 5.75 Å². The van der Waals surface area contributed by atoms with Gasteiger partial charge in [0.1, 0.15) is 11.4 Å². The van der Waals surface area contributed by atoms with Gasteiger partial charge in [-0.05, 0) is 85.6 Å². The number of thioether (sulfide) groups is 1. The summed E-state index contributed by atoms with van der Waals surface area (Å²) >= 11 is 7.56. The van der Waals surface area contributed by atoms with Crippen LogP contribution in [0.3, 0.4) is 0 Å². The summed E-state index contributed by atoms with van der Waals surface area (Å²) in [6.45, 7) is 3.66. The van der Waals surface area contributed by atoms with Crippen LogP contribution in [0.25, 0.3) is 6.08 Å². The van der Waals surface area contributed by atoms with Crippen LogP contribution >= 0.6 is 23.4 Å². The summed E-state index contributed by atoms with van der Waals surface area (Å²) in [6, 6.07) is 26.9. The topological polar surface area (TPSA) is 99.8 Å². The lowest BCUT2D eigenvalue weighted by Gasteiger charge is -2.16. The second-order valence-corrected chi connectivity index (χ2v) is 12.2. The summed E-state index contributed by atoms with van der Waals surface area (Å²) in [5.74, 6) is -0.584. The van der Waals surface area contributed by atoms with Crippen LogP contribution in [0, 0.1) is 6.92 Å². The second kappa shape index (κ2) is 15.3. The first-order valence-corrected chi connectivity index (χ1v) is 15.4. The standard InChI is InChI=1S/C35H35ClN4O4S/c1-22-19-30(32(44-5)21-29(22)36)38-33(41)23(2)45-28-17-13-26(14-18-28)37-35(43)31(39-34(42)25-9-7-6-8-10-25)20-24-11-15-27(16-12-24)40(3)4/h6-21,23H,1-5H3,(H,37,43)(H,38,41)(H,39,42)/b31-20-. The fourth-order valence-electron chi connectivity index (χ4n) is 4.21. The van der Waals surface area contributed by atoms with Crippen LogP contribution in [-0.4, -0.2) is 44.2 Å². The minimum Gasteiger partial charge on any atom is -0.495 e. The molecule has 4 aromatic rings. The van der Waals surface area contributed by atoms with Gasteiger partial charge < -0.3 is 25.6 Å². The number of aryl methyl sites for hydroxylation is 1. The quantitative estimate of drug-likeness (QED) is 0.118. The van der Waals surface area contributed by atoms with Gasteiger partial charge in [0, 0.05) is 47.0 Å². The van der Waals surface area contributed by atoms with Crippen LogP contribution in [0.5, 0.6) is 5.75 Å². The average molecular weight is 643 g/mol. The van der Waals surface area contributed by atoms with E-state index in [1.54, 1.807) is 54.6 Å². The molecule has 45 heavy (non-hydrogen) atoms. The molecular formula is C35H35ClN4O4S. The molecule has 4 rings (SSSR count). The smallest absolute Gasteiger partial charge is 0.272 e. The van der Waals surface area contributed by atoms with Crippen LogP contribution in [0.4, 0.5) is 17.1 Å². The van der Waals surface area contributed by atoms with E-state index in [4.69, 9.17) is 16.3 Å². The summed E-state index contributed by atoms with van der Waals surface area (Å²) in [5.41, 5.74) is 4.20. The largest absolute Gasteiger partial charge is 0.495 e. The molecular weight excluding hydrogens is 608 g/mol. The Morgan fingerprint density at radius 2 is 1.58 bits per heavy atom.